The number of hydrogen-bond donors (Lipinski definition) is 1. The van der Waals surface area contributed by atoms with Crippen LogP contribution >= 0.6 is 0 Å². The van der Waals surface area contributed by atoms with Gasteiger partial charge >= 0.3 is 0 Å². The zero-order chi connectivity index (χ0) is 16.5. The van der Waals surface area contributed by atoms with Gasteiger partial charge in [-0.2, -0.15) is 5.10 Å². The average Bonchev–Trinajstić information content (AvgIpc) is 3.21. The minimum atomic E-state index is -0.254. The second-order valence-electron chi connectivity index (χ2n) is 5.93. The SMILES string of the molecule is Cn1nc(CNC(=O)c2cc(C3CC3)on2)cc1-c1ccccn1. The minimum absolute atomic E-state index is 0.254. The highest BCUT2D eigenvalue weighted by atomic mass is 16.5. The van der Waals surface area contributed by atoms with Crippen molar-refractivity contribution < 1.29 is 9.32 Å². The van der Waals surface area contributed by atoms with Crippen molar-refractivity contribution in [3.8, 4) is 11.4 Å². The van der Waals surface area contributed by atoms with Crippen molar-refractivity contribution in [2.45, 2.75) is 25.3 Å². The number of carbonyl (C=O) groups is 1. The van der Waals surface area contributed by atoms with Crippen LogP contribution in [0.4, 0.5) is 0 Å². The first-order chi connectivity index (χ1) is 11.7. The molecule has 0 unspecified atom stereocenters. The predicted molar refractivity (Wildman–Crippen MR) is 86.1 cm³/mol. The monoisotopic (exact) mass is 323 g/mol. The molecule has 3 heterocycles. The third-order valence-corrected chi connectivity index (χ3v) is 4.03. The number of nitrogens with one attached hydrogen (secondary N) is 1. The lowest BCUT2D eigenvalue weighted by Crippen LogP contribution is -2.23. The summed E-state index contributed by atoms with van der Waals surface area (Å²) in [5.74, 6) is 0.988. The van der Waals surface area contributed by atoms with E-state index in [1.54, 1.807) is 16.9 Å². The van der Waals surface area contributed by atoms with Crippen LogP contribution in [0, 0.1) is 0 Å². The fourth-order valence-corrected chi connectivity index (χ4v) is 2.58. The van der Waals surface area contributed by atoms with Crippen molar-refractivity contribution in [2.24, 2.45) is 7.05 Å². The van der Waals surface area contributed by atoms with Crippen molar-refractivity contribution in [1.29, 1.82) is 0 Å². The van der Waals surface area contributed by atoms with Gasteiger partial charge in [-0.3, -0.25) is 14.5 Å². The Morgan fingerprint density at radius 1 is 1.38 bits per heavy atom. The Bertz CT molecular complexity index is 864. The molecule has 1 aliphatic carbocycles. The van der Waals surface area contributed by atoms with Gasteiger partial charge in [-0.15, -0.1) is 0 Å². The van der Waals surface area contributed by atoms with Gasteiger partial charge < -0.3 is 9.84 Å². The van der Waals surface area contributed by atoms with Gasteiger partial charge in [0, 0.05) is 25.2 Å². The summed E-state index contributed by atoms with van der Waals surface area (Å²) in [6, 6.07) is 9.37. The second-order valence-corrected chi connectivity index (χ2v) is 5.93. The fourth-order valence-electron chi connectivity index (χ4n) is 2.58. The van der Waals surface area contributed by atoms with Crippen LogP contribution < -0.4 is 5.32 Å². The summed E-state index contributed by atoms with van der Waals surface area (Å²) < 4.78 is 6.96. The molecule has 0 aromatic carbocycles. The summed E-state index contributed by atoms with van der Waals surface area (Å²) in [6.45, 7) is 0.325. The van der Waals surface area contributed by atoms with E-state index in [2.05, 4.69) is 20.6 Å². The third kappa shape index (κ3) is 2.92. The molecule has 0 aliphatic heterocycles. The molecule has 0 saturated heterocycles. The van der Waals surface area contributed by atoms with E-state index < -0.39 is 0 Å². The van der Waals surface area contributed by atoms with Crippen LogP contribution in [0.3, 0.4) is 0 Å². The van der Waals surface area contributed by atoms with E-state index in [-0.39, 0.29) is 5.91 Å². The molecule has 0 atom stereocenters. The van der Waals surface area contributed by atoms with Crippen LogP contribution in [0.25, 0.3) is 11.4 Å². The molecule has 1 N–H and O–H groups in total. The van der Waals surface area contributed by atoms with Crippen molar-refractivity contribution in [1.82, 2.24) is 25.2 Å². The Kier molecular flexibility index (Phi) is 3.60. The first kappa shape index (κ1) is 14.6. The lowest BCUT2D eigenvalue weighted by Gasteiger charge is -1.98. The fraction of sp³-hybridized carbons (Fsp3) is 0.294. The van der Waals surface area contributed by atoms with Crippen molar-refractivity contribution in [3.63, 3.8) is 0 Å². The Morgan fingerprint density at radius 3 is 3.00 bits per heavy atom. The number of nitrogens with zero attached hydrogens (tertiary/aromatic N) is 4. The lowest BCUT2D eigenvalue weighted by atomic mass is 10.2. The van der Waals surface area contributed by atoms with Gasteiger partial charge in [0.15, 0.2) is 5.69 Å². The minimum Gasteiger partial charge on any atom is -0.360 e. The maximum absolute atomic E-state index is 12.2. The van der Waals surface area contributed by atoms with Crippen LogP contribution in [-0.4, -0.2) is 25.8 Å². The highest BCUT2D eigenvalue weighted by Crippen LogP contribution is 2.40. The normalized spacial score (nSPS) is 13.9. The van der Waals surface area contributed by atoms with Gasteiger partial charge in [-0.1, -0.05) is 11.2 Å². The third-order valence-electron chi connectivity index (χ3n) is 4.03. The smallest absolute Gasteiger partial charge is 0.273 e. The van der Waals surface area contributed by atoms with Crippen molar-refractivity contribution in [3.05, 3.63) is 53.7 Å². The molecule has 0 radical (unpaired) electrons. The lowest BCUT2D eigenvalue weighted by molar-refractivity contribution is 0.0941. The van der Waals surface area contributed by atoms with E-state index >= 15 is 0 Å². The molecule has 1 aliphatic rings. The van der Waals surface area contributed by atoms with Crippen LogP contribution in [-0.2, 0) is 13.6 Å². The molecule has 4 rings (SSSR count). The summed E-state index contributed by atoms with van der Waals surface area (Å²) >= 11 is 0. The van der Waals surface area contributed by atoms with E-state index in [0.29, 0.717) is 18.2 Å². The molecule has 7 heteroatoms. The molecule has 0 bridgehead atoms. The van der Waals surface area contributed by atoms with Gasteiger partial charge in [-0.25, -0.2) is 0 Å². The average molecular weight is 323 g/mol. The molecular weight excluding hydrogens is 306 g/mol. The van der Waals surface area contributed by atoms with Gasteiger partial charge in [0.25, 0.3) is 5.91 Å². The van der Waals surface area contributed by atoms with Gasteiger partial charge in [0.2, 0.25) is 0 Å². The number of pyridine rings is 1. The maximum Gasteiger partial charge on any atom is 0.273 e. The van der Waals surface area contributed by atoms with Crippen LogP contribution in [0.15, 0.2) is 41.1 Å². The number of carbonyl (C=O) groups excluding carboxylic acids is 1. The van der Waals surface area contributed by atoms with Crippen molar-refractivity contribution in [2.75, 3.05) is 0 Å². The Morgan fingerprint density at radius 2 is 2.25 bits per heavy atom. The number of aromatic nitrogens is 4. The van der Waals surface area contributed by atoms with Crippen LogP contribution in [0.5, 0.6) is 0 Å². The summed E-state index contributed by atoms with van der Waals surface area (Å²) in [5.41, 5.74) is 2.82. The van der Waals surface area contributed by atoms with E-state index in [9.17, 15) is 4.79 Å². The van der Waals surface area contributed by atoms with E-state index in [0.717, 1.165) is 35.7 Å². The number of amides is 1. The zero-order valence-corrected chi connectivity index (χ0v) is 13.3. The van der Waals surface area contributed by atoms with E-state index in [4.69, 9.17) is 4.52 Å². The topological polar surface area (TPSA) is 85.8 Å². The van der Waals surface area contributed by atoms with Crippen molar-refractivity contribution >= 4 is 5.91 Å². The van der Waals surface area contributed by atoms with Crippen LogP contribution in [0.2, 0.25) is 0 Å². The highest BCUT2D eigenvalue weighted by molar-refractivity contribution is 5.92. The van der Waals surface area contributed by atoms with Gasteiger partial charge in [0.05, 0.1) is 23.6 Å². The summed E-state index contributed by atoms with van der Waals surface area (Å²) in [4.78, 5) is 16.5. The molecule has 1 fully saturated rings. The Hall–Kier alpha value is -2.96. The van der Waals surface area contributed by atoms with E-state index in [1.807, 2.05) is 31.3 Å². The molecule has 1 amide bonds. The molecule has 3 aromatic rings. The number of hydrogen-bond acceptors (Lipinski definition) is 5. The van der Waals surface area contributed by atoms with Crippen LogP contribution in [0.1, 0.15) is 40.7 Å². The Labute approximate surface area is 138 Å². The summed E-state index contributed by atoms with van der Waals surface area (Å²) in [7, 11) is 1.86. The van der Waals surface area contributed by atoms with Gasteiger partial charge in [0.1, 0.15) is 5.76 Å². The molecular formula is C17H17N5O2. The molecule has 3 aromatic heterocycles. The highest BCUT2D eigenvalue weighted by Gasteiger charge is 2.28. The van der Waals surface area contributed by atoms with E-state index in [1.165, 1.54) is 0 Å². The molecule has 0 spiro atoms. The standard InChI is InChI=1S/C17H17N5O2/c1-22-15(13-4-2-3-7-18-13)8-12(20-22)10-19-17(23)14-9-16(24-21-14)11-5-6-11/h2-4,7-9,11H,5-6,10H2,1H3,(H,19,23). The second kappa shape index (κ2) is 5.92. The Balaban J connectivity index is 1.43. The van der Waals surface area contributed by atoms with Gasteiger partial charge in [-0.05, 0) is 31.0 Å². The molecule has 1 saturated carbocycles. The number of aryl methyl sites for hydroxylation is 1. The zero-order valence-electron chi connectivity index (χ0n) is 13.3. The molecule has 122 valence electrons. The summed E-state index contributed by atoms with van der Waals surface area (Å²) in [5, 5.41) is 11.1. The predicted octanol–water partition coefficient (Wildman–Crippen LogP) is 2.28. The largest absolute Gasteiger partial charge is 0.360 e. The first-order valence-electron chi connectivity index (χ1n) is 7.90. The molecule has 24 heavy (non-hydrogen) atoms. The first-order valence-corrected chi connectivity index (χ1v) is 7.90. The molecule has 7 nitrogen and oxygen atoms in total. The quantitative estimate of drug-likeness (QED) is 0.778. The number of rotatable bonds is 5. The summed E-state index contributed by atoms with van der Waals surface area (Å²) in [6.07, 6.45) is 3.97. The maximum atomic E-state index is 12.2.